The van der Waals surface area contributed by atoms with Crippen molar-refractivity contribution in [1.82, 2.24) is 10.2 Å². The molecular weight excluding hydrogens is 413 g/mol. The van der Waals surface area contributed by atoms with Crippen LogP contribution in [0.25, 0.3) is 0 Å². The lowest BCUT2D eigenvalue weighted by Gasteiger charge is -2.37. The highest BCUT2D eigenvalue weighted by atomic mass is 127. The molecule has 0 amide bonds. The predicted molar refractivity (Wildman–Crippen MR) is 112 cm³/mol. The molecule has 1 aliphatic rings. The van der Waals surface area contributed by atoms with Gasteiger partial charge in [-0.15, -0.1) is 24.0 Å². The Morgan fingerprint density at radius 3 is 2.29 bits per heavy atom. The maximum absolute atomic E-state index is 5.43. The molecular formula is C19H32IN3O. The average molecular weight is 445 g/mol. The normalized spacial score (nSPS) is 21.3. The van der Waals surface area contributed by atoms with E-state index in [1.165, 1.54) is 17.5 Å². The van der Waals surface area contributed by atoms with Gasteiger partial charge < -0.3 is 15.0 Å². The maximum Gasteiger partial charge on any atom is 0.193 e. The summed E-state index contributed by atoms with van der Waals surface area (Å²) in [5.74, 6) is 2.48. The summed E-state index contributed by atoms with van der Waals surface area (Å²) in [4.78, 5) is 6.86. The van der Waals surface area contributed by atoms with Gasteiger partial charge in [-0.05, 0) is 36.3 Å². The van der Waals surface area contributed by atoms with Crippen LogP contribution in [-0.2, 0) is 17.9 Å². The standard InChI is InChI=1S/C19H31N3O.HI/c1-5-23-14-18-8-6-17(7-9-18)11-21-19(20-4)22-12-15(2)10-16(3)13-22;/h6-9,15-16H,5,10-14H2,1-4H3,(H,20,21);1H. The zero-order valence-corrected chi connectivity index (χ0v) is 17.7. The predicted octanol–water partition coefficient (Wildman–Crippen LogP) is 3.89. The van der Waals surface area contributed by atoms with Crippen molar-refractivity contribution in [1.29, 1.82) is 0 Å². The van der Waals surface area contributed by atoms with Gasteiger partial charge in [-0.3, -0.25) is 4.99 Å². The number of guanidine groups is 1. The van der Waals surface area contributed by atoms with Crippen LogP contribution in [0.4, 0.5) is 0 Å². The van der Waals surface area contributed by atoms with Crippen molar-refractivity contribution in [2.45, 2.75) is 40.3 Å². The van der Waals surface area contributed by atoms with Crippen molar-refractivity contribution >= 4 is 29.9 Å². The SMILES string of the molecule is CCOCc1ccc(CNC(=NC)N2CC(C)CC(C)C2)cc1.I. The summed E-state index contributed by atoms with van der Waals surface area (Å²) in [6.07, 6.45) is 1.31. The fourth-order valence-electron chi connectivity index (χ4n) is 3.32. The molecule has 2 atom stereocenters. The van der Waals surface area contributed by atoms with Gasteiger partial charge in [0, 0.05) is 33.3 Å². The van der Waals surface area contributed by atoms with Crippen LogP contribution in [0.5, 0.6) is 0 Å². The third-order valence-electron chi connectivity index (χ3n) is 4.33. The number of benzene rings is 1. The van der Waals surface area contributed by atoms with Crippen LogP contribution in [0, 0.1) is 11.8 Å². The Morgan fingerprint density at radius 1 is 1.17 bits per heavy atom. The zero-order valence-electron chi connectivity index (χ0n) is 15.4. The lowest BCUT2D eigenvalue weighted by Crippen LogP contribution is -2.48. The van der Waals surface area contributed by atoms with Crippen LogP contribution < -0.4 is 5.32 Å². The first-order chi connectivity index (χ1) is 11.1. The van der Waals surface area contributed by atoms with Crippen molar-refractivity contribution in [3.63, 3.8) is 0 Å². The number of ether oxygens (including phenoxy) is 1. The quantitative estimate of drug-likeness (QED) is 0.425. The van der Waals surface area contributed by atoms with E-state index in [0.717, 1.165) is 44.0 Å². The van der Waals surface area contributed by atoms with E-state index < -0.39 is 0 Å². The second kappa shape index (κ2) is 10.9. The third-order valence-corrected chi connectivity index (χ3v) is 4.33. The second-order valence-electron chi connectivity index (χ2n) is 6.71. The highest BCUT2D eigenvalue weighted by Crippen LogP contribution is 2.20. The van der Waals surface area contributed by atoms with E-state index >= 15 is 0 Å². The van der Waals surface area contributed by atoms with E-state index in [2.05, 4.69) is 53.3 Å². The smallest absolute Gasteiger partial charge is 0.193 e. The van der Waals surface area contributed by atoms with E-state index in [-0.39, 0.29) is 24.0 Å². The summed E-state index contributed by atoms with van der Waals surface area (Å²) < 4.78 is 5.43. The van der Waals surface area contributed by atoms with E-state index in [1.54, 1.807) is 0 Å². The summed E-state index contributed by atoms with van der Waals surface area (Å²) in [5, 5.41) is 3.50. The molecule has 1 heterocycles. The number of nitrogens with one attached hydrogen (secondary N) is 1. The second-order valence-corrected chi connectivity index (χ2v) is 6.71. The topological polar surface area (TPSA) is 36.9 Å². The number of hydrogen-bond acceptors (Lipinski definition) is 2. The van der Waals surface area contributed by atoms with Gasteiger partial charge in [-0.25, -0.2) is 0 Å². The number of piperidine rings is 1. The maximum atomic E-state index is 5.43. The molecule has 0 spiro atoms. The molecule has 1 saturated heterocycles. The first kappa shape index (κ1) is 21.2. The van der Waals surface area contributed by atoms with Crippen LogP contribution in [-0.4, -0.2) is 37.6 Å². The average Bonchev–Trinajstić information content (AvgIpc) is 2.54. The Kier molecular flexibility index (Phi) is 9.66. The van der Waals surface area contributed by atoms with E-state index in [1.807, 2.05) is 14.0 Å². The number of rotatable bonds is 5. The Labute approximate surface area is 164 Å². The van der Waals surface area contributed by atoms with Gasteiger partial charge >= 0.3 is 0 Å². The van der Waals surface area contributed by atoms with E-state index in [0.29, 0.717) is 6.61 Å². The summed E-state index contributed by atoms with van der Waals surface area (Å²) in [6.45, 7) is 11.1. The first-order valence-corrected chi connectivity index (χ1v) is 8.73. The molecule has 4 nitrogen and oxygen atoms in total. The molecule has 1 aliphatic heterocycles. The van der Waals surface area contributed by atoms with Gasteiger partial charge in [0.15, 0.2) is 5.96 Å². The Hall–Kier alpha value is -0.820. The minimum atomic E-state index is 0. The number of likely N-dealkylation sites (tertiary alicyclic amines) is 1. The third kappa shape index (κ3) is 6.59. The van der Waals surface area contributed by atoms with Crippen LogP contribution in [0.2, 0.25) is 0 Å². The molecule has 0 radical (unpaired) electrons. The highest BCUT2D eigenvalue weighted by molar-refractivity contribution is 14.0. The van der Waals surface area contributed by atoms with Gasteiger partial charge in [0.2, 0.25) is 0 Å². The molecule has 2 unspecified atom stereocenters. The van der Waals surface area contributed by atoms with Gasteiger partial charge in [0.05, 0.1) is 6.61 Å². The van der Waals surface area contributed by atoms with Crippen LogP contribution in [0.3, 0.4) is 0 Å². The van der Waals surface area contributed by atoms with Crippen molar-refractivity contribution in [2.24, 2.45) is 16.8 Å². The molecule has 0 bridgehead atoms. The number of halogens is 1. The Balaban J connectivity index is 0.00000288. The largest absolute Gasteiger partial charge is 0.377 e. The molecule has 136 valence electrons. The number of aliphatic imine (C=N–C) groups is 1. The molecule has 1 aromatic rings. The van der Waals surface area contributed by atoms with E-state index in [4.69, 9.17) is 4.74 Å². The molecule has 24 heavy (non-hydrogen) atoms. The Bertz CT molecular complexity index is 494. The fourth-order valence-corrected chi connectivity index (χ4v) is 3.32. The summed E-state index contributed by atoms with van der Waals surface area (Å²) in [6, 6.07) is 8.60. The van der Waals surface area contributed by atoms with Crippen molar-refractivity contribution < 1.29 is 4.74 Å². The lowest BCUT2D eigenvalue weighted by molar-refractivity contribution is 0.134. The zero-order chi connectivity index (χ0) is 16.7. The lowest BCUT2D eigenvalue weighted by atomic mass is 9.92. The van der Waals surface area contributed by atoms with Gasteiger partial charge in [0.25, 0.3) is 0 Å². The van der Waals surface area contributed by atoms with Crippen LogP contribution in [0.1, 0.15) is 38.3 Å². The van der Waals surface area contributed by atoms with Crippen molar-refractivity contribution in [2.75, 3.05) is 26.7 Å². The minimum Gasteiger partial charge on any atom is -0.377 e. The summed E-state index contributed by atoms with van der Waals surface area (Å²) in [7, 11) is 1.87. The van der Waals surface area contributed by atoms with Gasteiger partial charge in [-0.2, -0.15) is 0 Å². The van der Waals surface area contributed by atoms with Crippen molar-refractivity contribution in [3.05, 3.63) is 35.4 Å². The molecule has 5 heteroatoms. The van der Waals surface area contributed by atoms with Crippen molar-refractivity contribution in [3.8, 4) is 0 Å². The van der Waals surface area contributed by atoms with Gasteiger partial charge in [-0.1, -0.05) is 38.1 Å². The molecule has 2 rings (SSSR count). The molecule has 1 fully saturated rings. The van der Waals surface area contributed by atoms with Gasteiger partial charge in [0.1, 0.15) is 0 Å². The molecule has 0 aliphatic carbocycles. The summed E-state index contributed by atoms with van der Waals surface area (Å²) in [5.41, 5.74) is 2.49. The molecule has 0 aromatic heterocycles. The fraction of sp³-hybridized carbons (Fsp3) is 0.632. The molecule has 1 N–H and O–H groups in total. The minimum absolute atomic E-state index is 0. The Morgan fingerprint density at radius 2 is 1.75 bits per heavy atom. The number of nitrogens with zero attached hydrogens (tertiary/aromatic N) is 2. The highest BCUT2D eigenvalue weighted by Gasteiger charge is 2.23. The monoisotopic (exact) mass is 445 g/mol. The first-order valence-electron chi connectivity index (χ1n) is 8.73. The number of hydrogen-bond donors (Lipinski definition) is 1. The molecule has 1 aromatic carbocycles. The van der Waals surface area contributed by atoms with E-state index in [9.17, 15) is 0 Å². The van der Waals surface area contributed by atoms with Crippen LogP contribution >= 0.6 is 24.0 Å². The van der Waals surface area contributed by atoms with Crippen LogP contribution in [0.15, 0.2) is 29.3 Å². The molecule has 0 saturated carbocycles. The summed E-state index contributed by atoms with van der Waals surface area (Å²) >= 11 is 0.